The molecule has 0 aliphatic carbocycles. The number of benzene rings is 1. The van der Waals surface area contributed by atoms with E-state index in [4.69, 9.17) is 4.99 Å². The van der Waals surface area contributed by atoms with Crippen molar-refractivity contribution in [2.75, 3.05) is 13.1 Å². The first-order valence-corrected chi connectivity index (χ1v) is 13.1. The summed E-state index contributed by atoms with van der Waals surface area (Å²) in [4.78, 5) is 7.25. The molecule has 186 valence electrons. The fourth-order valence-electron chi connectivity index (χ4n) is 4.52. The summed E-state index contributed by atoms with van der Waals surface area (Å²) in [6.45, 7) is 7.79. The van der Waals surface area contributed by atoms with Crippen LogP contribution < -0.4 is 6.15 Å². The fourth-order valence-corrected chi connectivity index (χ4v) is 4.52. The molecular formula is C28H52ClN3. The summed E-state index contributed by atoms with van der Waals surface area (Å²) < 4.78 is 0. The van der Waals surface area contributed by atoms with Gasteiger partial charge in [0.15, 0.2) is 0 Å². The average Bonchev–Trinajstić information content (AvgIpc) is 3.18. The van der Waals surface area contributed by atoms with Crippen molar-refractivity contribution in [1.29, 1.82) is 0 Å². The molecule has 0 bridgehead atoms. The maximum absolute atomic E-state index is 4.76. The minimum Gasteiger partial charge on any atom is -0.354 e. The predicted octanol–water partition coefficient (Wildman–Crippen LogP) is 8.99. The highest BCUT2D eigenvalue weighted by molar-refractivity contribution is 5.85. The van der Waals surface area contributed by atoms with Gasteiger partial charge in [0.1, 0.15) is 0 Å². The van der Waals surface area contributed by atoms with Crippen LogP contribution in [0.25, 0.3) is 0 Å². The van der Waals surface area contributed by atoms with Gasteiger partial charge in [0.05, 0.1) is 12.4 Å². The fraction of sp³-hybridized carbons (Fsp3) is 0.750. The van der Waals surface area contributed by atoms with E-state index < -0.39 is 0 Å². The molecule has 1 aromatic rings. The molecule has 0 amide bonds. The summed E-state index contributed by atoms with van der Waals surface area (Å²) in [5, 5.41) is 0. The Balaban J connectivity index is 0.00000480. The molecule has 1 aliphatic heterocycles. The van der Waals surface area contributed by atoms with Gasteiger partial charge in [0.2, 0.25) is 0 Å². The summed E-state index contributed by atoms with van der Waals surface area (Å²) in [5.74, 6) is 2.24. The second-order valence-corrected chi connectivity index (χ2v) is 9.73. The minimum absolute atomic E-state index is 0. The zero-order chi connectivity index (χ0) is 21.3. The van der Waals surface area contributed by atoms with Gasteiger partial charge in [-0.3, -0.25) is 4.99 Å². The summed E-state index contributed by atoms with van der Waals surface area (Å²) in [7, 11) is 0. The van der Waals surface area contributed by atoms with E-state index in [0.717, 1.165) is 25.6 Å². The van der Waals surface area contributed by atoms with Gasteiger partial charge in [-0.25, -0.2) is 0 Å². The lowest BCUT2D eigenvalue weighted by Crippen LogP contribution is -2.27. The second kappa shape index (κ2) is 20.5. The van der Waals surface area contributed by atoms with Gasteiger partial charge in [0, 0.05) is 19.5 Å². The van der Waals surface area contributed by atoms with Crippen LogP contribution >= 0.6 is 12.4 Å². The molecule has 32 heavy (non-hydrogen) atoms. The third-order valence-electron chi connectivity index (χ3n) is 6.43. The van der Waals surface area contributed by atoms with E-state index in [-0.39, 0.29) is 18.6 Å². The lowest BCUT2D eigenvalue weighted by molar-refractivity contribution is 0.440. The monoisotopic (exact) mass is 465 g/mol. The SMILES string of the molecule is CC(C)CCCCCCCCCCCCCCCC1=NCCN1Cc1ccccc1.Cl.N. The summed E-state index contributed by atoms with van der Waals surface area (Å²) >= 11 is 0. The van der Waals surface area contributed by atoms with Gasteiger partial charge in [0.25, 0.3) is 0 Å². The molecule has 1 aliphatic rings. The Kier molecular flexibility index (Phi) is 19.9. The first-order chi connectivity index (χ1) is 14.8. The van der Waals surface area contributed by atoms with Gasteiger partial charge >= 0.3 is 0 Å². The van der Waals surface area contributed by atoms with Crippen molar-refractivity contribution < 1.29 is 0 Å². The molecule has 0 unspecified atom stereocenters. The van der Waals surface area contributed by atoms with Crippen molar-refractivity contribution >= 4 is 18.2 Å². The maximum Gasteiger partial charge on any atom is 0.0993 e. The van der Waals surface area contributed by atoms with Gasteiger partial charge in [-0.1, -0.05) is 128 Å². The first-order valence-electron chi connectivity index (χ1n) is 13.1. The van der Waals surface area contributed by atoms with Crippen LogP contribution in [-0.4, -0.2) is 23.8 Å². The smallest absolute Gasteiger partial charge is 0.0993 e. The van der Waals surface area contributed by atoms with E-state index in [0.29, 0.717) is 0 Å². The number of halogens is 1. The van der Waals surface area contributed by atoms with Crippen LogP contribution in [0.5, 0.6) is 0 Å². The van der Waals surface area contributed by atoms with E-state index in [2.05, 4.69) is 49.1 Å². The molecule has 0 saturated carbocycles. The highest BCUT2D eigenvalue weighted by Gasteiger charge is 2.16. The van der Waals surface area contributed by atoms with Crippen molar-refractivity contribution in [3.63, 3.8) is 0 Å². The highest BCUT2D eigenvalue weighted by Crippen LogP contribution is 2.16. The molecule has 4 heteroatoms. The quantitative estimate of drug-likeness (QED) is 0.220. The Morgan fingerprint density at radius 3 is 1.78 bits per heavy atom. The van der Waals surface area contributed by atoms with E-state index in [1.54, 1.807) is 0 Å². The van der Waals surface area contributed by atoms with Crippen LogP contribution in [-0.2, 0) is 6.54 Å². The molecule has 1 aromatic carbocycles. The molecule has 3 nitrogen and oxygen atoms in total. The standard InChI is InChI=1S/C28H48N2.ClH.H3N/c1-26(2)19-15-12-10-8-6-4-3-5-7-9-11-13-18-22-28-29-23-24-30(28)25-27-20-16-14-17-21-27;;/h14,16-17,20-21,26H,3-13,15,18-19,22-25H2,1-2H3;1H;1H3. The van der Waals surface area contributed by atoms with Crippen LogP contribution in [0.3, 0.4) is 0 Å². The number of hydrogen-bond acceptors (Lipinski definition) is 3. The predicted molar refractivity (Wildman–Crippen MR) is 146 cm³/mol. The van der Waals surface area contributed by atoms with E-state index in [1.807, 2.05) is 0 Å². The summed E-state index contributed by atoms with van der Waals surface area (Å²) in [6.07, 6.45) is 21.2. The van der Waals surface area contributed by atoms with Crippen molar-refractivity contribution in [2.45, 2.75) is 117 Å². The molecular weight excluding hydrogens is 414 g/mol. The van der Waals surface area contributed by atoms with Crippen LogP contribution in [0.2, 0.25) is 0 Å². The zero-order valence-corrected chi connectivity index (χ0v) is 22.0. The van der Waals surface area contributed by atoms with Crippen LogP contribution in [0.15, 0.2) is 35.3 Å². The van der Waals surface area contributed by atoms with E-state index >= 15 is 0 Å². The molecule has 0 atom stereocenters. The Bertz CT molecular complexity index is 559. The Labute approximate surface area is 205 Å². The number of aliphatic imine (C=N–C) groups is 1. The normalized spacial score (nSPS) is 13.1. The highest BCUT2D eigenvalue weighted by atomic mass is 35.5. The van der Waals surface area contributed by atoms with Gasteiger partial charge < -0.3 is 11.1 Å². The number of hydrogen-bond donors (Lipinski definition) is 1. The molecule has 3 N–H and O–H groups in total. The van der Waals surface area contributed by atoms with Crippen molar-refractivity contribution in [3.8, 4) is 0 Å². The number of nitrogens with zero attached hydrogens (tertiary/aromatic N) is 2. The Hall–Kier alpha value is -1.06. The van der Waals surface area contributed by atoms with Crippen molar-refractivity contribution in [3.05, 3.63) is 35.9 Å². The number of amidine groups is 1. The molecule has 0 saturated heterocycles. The third kappa shape index (κ3) is 14.9. The summed E-state index contributed by atoms with van der Waals surface area (Å²) in [5.41, 5.74) is 1.40. The largest absolute Gasteiger partial charge is 0.354 e. The Morgan fingerprint density at radius 1 is 0.750 bits per heavy atom. The second-order valence-electron chi connectivity index (χ2n) is 9.73. The molecule has 0 spiro atoms. The van der Waals surface area contributed by atoms with Crippen LogP contribution in [0, 0.1) is 5.92 Å². The number of rotatable bonds is 18. The molecule has 0 aromatic heterocycles. The summed E-state index contributed by atoms with van der Waals surface area (Å²) in [6, 6.07) is 10.8. The van der Waals surface area contributed by atoms with Crippen LogP contribution in [0.1, 0.15) is 116 Å². The van der Waals surface area contributed by atoms with E-state index in [9.17, 15) is 0 Å². The van der Waals surface area contributed by atoms with Gasteiger partial charge in [-0.2, -0.15) is 0 Å². The first kappa shape index (κ1) is 30.9. The number of unbranched alkanes of at least 4 members (excludes halogenated alkanes) is 12. The minimum atomic E-state index is 0. The lowest BCUT2D eigenvalue weighted by Gasteiger charge is -2.20. The van der Waals surface area contributed by atoms with Crippen LogP contribution in [0.4, 0.5) is 0 Å². The molecule has 2 rings (SSSR count). The Morgan fingerprint density at radius 2 is 1.25 bits per heavy atom. The topological polar surface area (TPSA) is 50.6 Å². The van der Waals surface area contributed by atoms with E-state index in [1.165, 1.54) is 108 Å². The zero-order valence-electron chi connectivity index (χ0n) is 21.2. The van der Waals surface area contributed by atoms with Gasteiger partial charge in [-0.15, -0.1) is 12.4 Å². The van der Waals surface area contributed by atoms with Gasteiger partial charge in [-0.05, 0) is 17.9 Å². The molecule has 0 fully saturated rings. The maximum atomic E-state index is 4.76. The van der Waals surface area contributed by atoms with Crippen molar-refractivity contribution in [2.24, 2.45) is 10.9 Å². The molecule has 0 radical (unpaired) electrons. The average molecular weight is 466 g/mol. The molecule has 1 heterocycles. The van der Waals surface area contributed by atoms with Crippen molar-refractivity contribution in [1.82, 2.24) is 11.1 Å². The lowest BCUT2D eigenvalue weighted by atomic mass is 10.0. The third-order valence-corrected chi connectivity index (χ3v) is 6.43.